The van der Waals surface area contributed by atoms with Gasteiger partial charge in [-0.15, -0.1) is 0 Å². The average Bonchev–Trinajstić information content (AvgIpc) is 2.12. The quantitative estimate of drug-likeness (QED) is 0.537. The third-order valence-electron chi connectivity index (χ3n) is 1.62. The van der Waals surface area contributed by atoms with Crippen molar-refractivity contribution in [2.45, 2.75) is 4.90 Å². The van der Waals surface area contributed by atoms with E-state index in [0.29, 0.717) is 6.07 Å². The second-order valence-corrected chi connectivity index (χ2v) is 4.33. The summed E-state index contributed by atoms with van der Waals surface area (Å²) in [5.41, 5.74) is 0. The maximum atomic E-state index is 10.9. The molecular weight excluding hydrogens is 248 g/mol. The van der Waals surface area contributed by atoms with E-state index in [2.05, 4.69) is 4.74 Å². The predicted molar refractivity (Wildman–Crippen MR) is 51.1 cm³/mol. The van der Waals surface area contributed by atoms with Crippen molar-refractivity contribution >= 4 is 21.7 Å². The Bertz CT molecular complexity index is 495. The highest BCUT2D eigenvalue weighted by Gasteiger charge is 2.24. The molecule has 6 nitrogen and oxygen atoms in total. The Morgan fingerprint density at radius 1 is 1.40 bits per heavy atom. The lowest BCUT2D eigenvalue weighted by molar-refractivity contribution is 0.374. The van der Waals surface area contributed by atoms with Crippen molar-refractivity contribution < 1.29 is 27.9 Å². The maximum Gasteiger partial charge on any atom is 0.298 e. The monoisotopic (exact) mass is 254 g/mol. The van der Waals surface area contributed by atoms with Crippen molar-refractivity contribution in [2.24, 2.45) is 0 Å². The fourth-order valence-electron chi connectivity index (χ4n) is 0.968. The molecule has 84 valence electrons. The van der Waals surface area contributed by atoms with Gasteiger partial charge < -0.3 is 14.9 Å². The van der Waals surface area contributed by atoms with Gasteiger partial charge in [0.2, 0.25) is 0 Å². The van der Waals surface area contributed by atoms with Gasteiger partial charge in [0.15, 0.2) is 17.2 Å². The van der Waals surface area contributed by atoms with Crippen LogP contribution in [0.15, 0.2) is 11.0 Å². The average molecular weight is 255 g/mol. The van der Waals surface area contributed by atoms with E-state index < -0.39 is 37.3 Å². The first-order valence-electron chi connectivity index (χ1n) is 3.55. The van der Waals surface area contributed by atoms with Gasteiger partial charge in [-0.2, -0.15) is 8.42 Å². The minimum atomic E-state index is -4.59. The molecule has 3 N–H and O–H groups in total. The Morgan fingerprint density at radius 3 is 2.33 bits per heavy atom. The highest BCUT2D eigenvalue weighted by Crippen LogP contribution is 2.44. The van der Waals surface area contributed by atoms with Crippen molar-refractivity contribution in [3.8, 4) is 17.2 Å². The lowest BCUT2D eigenvalue weighted by atomic mass is 10.3. The van der Waals surface area contributed by atoms with E-state index in [1.807, 2.05) is 0 Å². The molecule has 0 aliphatic heterocycles. The zero-order valence-corrected chi connectivity index (χ0v) is 9.00. The molecule has 0 fully saturated rings. The SMILES string of the molecule is COc1c(S(=O)(=O)O)cc(O)c(O)c1Cl. The molecule has 0 heterocycles. The number of phenolic OH excluding ortho intramolecular Hbond substituents is 2. The van der Waals surface area contributed by atoms with Crippen LogP contribution in [-0.2, 0) is 10.1 Å². The molecule has 0 amide bonds. The summed E-state index contributed by atoms with van der Waals surface area (Å²) in [5.74, 6) is -1.93. The first-order chi connectivity index (χ1) is 6.79. The standard InChI is InChI=1S/C7H7ClO6S/c1-14-7-4(15(11,12)13)2-3(9)6(10)5(7)8/h2,9-10H,1H3,(H,11,12,13). The number of benzene rings is 1. The summed E-state index contributed by atoms with van der Waals surface area (Å²) in [6.07, 6.45) is 0. The molecule has 1 aromatic carbocycles. The third-order valence-corrected chi connectivity index (χ3v) is 2.83. The molecule has 8 heteroatoms. The summed E-state index contributed by atoms with van der Waals surface area (Å²) in [4.78, 5) is -0.717. The van der Waals surface area contributed by atoms with Crippen LogP contribution in [0.1, 0.15) is 0 Å². The number of aromatic hydroxyl groups is 2. The van der Waals surface area contributed by atoms with Gasteiger partial charge in [0, 0.05) is 6.07 Å². The number of rotatable bonds is 2. The summed E-state index contributed by atoms with van der Waals surface area (Å²) in [7, 11) is -3.48. The Morgan fingerprint density at radius 2 is 1.93 bits per heavy atom. The Kier molecular flexibility index (Phi) is 2.98. The van der Waals surface area contributed by atoms with Crippen LogP contribution in [0.3, 0.4) is 0 Å². The Labute approximate surface area is 90.4 Å². The molecule has 1 aromatic rings. The van der Waals surface area contributed by atoms with Crippen LogP contribution in [0.2, 0.25) is 5.02 Å². The van der Waals surface area contributed by atoms with Gasteiger partial charge >= 0.3 is 0 Å². The molecule has 0 aliphatic carbocycles. The zero-order valence-electron chi connectivity index (χ0n) is 7.43. The van der Waals surface area contributed by atoms with E-state index in [1.54, 1.807) is 0 Å². The van der Waals surface area contributed by atoms with Crippen LogP contribution < -0.4 is 4.74 Å². The Balaban J connectivity index is 3.68. The van der Waals surface area contributed by atoms with E-state index in [1.165, 1.54) is 0 Å². The van der Waals surface area contributed by atoms with Gasteiger partial charge in [-0.1, -0.05) is 11.6 Å². The normalized spacial score (nSPS) is 11.4. The summed E-state index contributed by atoms with van der Waals surface area (Å²) in [6, 6.07) is 0.634. The van der Waals surface area contributed by atoms with Crippen LogP contribution in [0, 0.1) is 0 Å². The number of halogens is 1. The van der Waals surface area contributed by atoms with Crippen LogP contribution in [0.4, 0.5) is 0 Å². The van der Waals surface area contributed by atoms with Gasteiger partial charge in [-0.25, -0.2) is 0 Å². The maximum absolute atomic E-state index is 10.9. The smallest absolute Gasteiger partial charge is 0.298 e. The lowest BCUT2D eigenvalue weighted by Gasteiger charge is -2.10. The molecule has 0 bridgehead atoms. The van der Waals surface area contributed by atoms with Gasteiger partial charge in [0.05, 0.1) is 7.11 Å². The summed E-state index contributed by atoms with van der Waals surface area (Å²) < 4.78 is 35.1. The minimum absolute atomic E-state index is 0.436. The fourth-order valence-corrected chi connectivity index (χ4v) is 1.98. The largest absolute Gasteiger partial charge is 0.504 e. The minimum Gasteiger partial charge on any atom is -0.504 e. The van der Waals surface area contributed by atoms with Gasteiger partial charge in [0.1, 0.15) is 9.92 Å². The topological polar surface area (TPSA) is 104 Å². The molecule has 0 radical (unpaired) electrons. The molecule has 0 aromatic heterocycles. The van der Waals surface area contributed by atoms with Crippen LogP contribution in [-0.4, -0.2) is 30.3 Å². The van der Waals surface area contributed by atoms with Crippen molar-refractivity contribution in [1.29, 1.82) is 0 Å². The first kappa shape index (κ1) is 11.9. The summed E-state index contributed by atoms with van der Waals surface area (Å²) in [6.45, 7) is 0. The number of hydrogen-bond donors (Lipinski definition) is 3. The highest BCUT2D eigenvalue weighted by molar-refractivity contribution is 7.86. The van der Waals surface area contributed by atoms with Crippen LogP contribution >= 0.6 is 11.6 Å². The molecule has 0 saturated carbocycles. The number of hydrogen-bond acceptors (Lipinski definition) is 5. The van der Waals surface area contributed by atoms with Gasteiger partial charge in [0.25, 0.3) is 10.1 Å². The molecule has 0 unspecified atom stereocenters. The van der Waals surface area contributed by atoms with Crippen molar-refractivity contribution in [1.82, 2.24) is 0 Å². The summed E-state index contributed by atoms with van der Waals surface area (Å²) in [5, 5.41) is 17.8. The second kappa shape index (κ2) is 3.76. The number of methoxy groups -OCH3 is 1. The highest BCUT2D eigenvalue weighted by atomic mass is 35.5. The second-order valence-electron chi connectivity index (χ2n) is 2.56. The molecule has 1 rings (SSSR count). The molecule has 0 saturated heterocycles. The van der Waals surface area contributed by atoms with Gasteiger partial charge in [-0.05, 0) is 0 Å². The summed E-state index contributed by atoms with van der Waals surface area (Å²) >= 11 is 5.50. The predicted octanol–water partition coefficient (Wildman–Crippen LogP) is 1.01. The van der Waals surface area contributed by atoms with E-state index in [4.69, 9.17) is 21.3 Å². The van der Waals surface area contributed by atoms with Crippen molar-refractivity contribution in [2.75, 3.05) is 7.11 Å². The number of ether oxygens (including phenoxy) is 1. The van der Waals surface area contributed by atoms with Crippen LogP contribution in [0.25, 0.3) is 0 Å². The molecular formula is C7H7ClO6S. The lowest BCUT2D eigenvalue weighted by Crippen LogP contribution is -2.02. The Hall–Kier alpha value is -1.18. The molecule has 0 spiro atoms. The van der Waals surface area contributed by atoms with Crippen LogP contribution in [0.5, 0.6) is 17.2 Å². The first-order valence-corrected chi connectivity index (χ1v) is 5.36. The molecule has 0 atom stereocenters. The van der Waals surface area contributed by atoms with Gasteiger partial charge in [-0.3, -0.25) is 4.55 Å². The zero-order chi connectivity index (χ0) is 11.8. The van der Waals surface area contributed by atoms with E-state index in [9.17, 15) is 13.5 Å². The van der Waals surface area contributed by atoms with Crippen molar-refractivity contribution in [3.63, 3.8) is 0 Å². The molecule has 0 aliphatic rings. The van der Waals surface area contributed by atoms with E-state index in [-0.39, 0.29) is 0 Å². The third kappa shape index (κ3) is 2.09. The van der Waals surface area contributed by atoms with E-state index in [0.717, 1.165) is 7.11 Å². The number of phenols is 2. The molecule has 15 heavy (non-hydrogen) atoms. The van der Waals surface area contributed by atoms with Crippen molar-refractivity contribution in [3.05, 3.63) is 11.1 Å². The fraction of sp³-hybridized carbons (Fsp3) is 0.143. The van der Waals surface area contributed by atoms with E-state index >= 15 is 0 Å².